The van der Waals surface area contributed by atoms with Gasteiger partial charge in [-0.15, -0.1) is 0 Å². The van der Waals surface area contributed by atoms with Crippen molar-refractivity contribution >= 4 is 15.8 Å². The van der Waals surface area contributed by atoms with Crippen LogP contribution in [0.25, 0.3) is 0 Å². The Morgan fingerprint density at radius 2 is 1.90 bits per heavy atom. The number of aryl methyl sites for hydroxylation is 1. The fourth-order valence-corrected chi connectivity index (χ4v) is 3.71. The van der Waals surface area contributed by atoms with Gasteiger partial charge in [0, 0.05) is 19.3 Å². The molecule has 9 heteroatoms. The lowest BCUT2D eigenvalue weighted by Gasteiger charge is -2.13. The van der Waals surface area contributed by atoms with Gasteiger partial charge in [0.05, 0.1) is 11.4 Å². The van der Waals surface area contributed by atoms with Crippen molar-refractivity contribution in [2.24, 2.45) is 4.99 Å². The molecule has 158 valence electrons. The minimum atomic E-state index is -3.25. The topological polar surface area (TPSA) is 79.8 Å². The molecule has 0 atom stereocenters. The molecule has 2 rings (SSSR count). The van der Waals surface area contributed by atoms with E-state index in [0.29, 0.717) is 29.5 Å². The maximum Gasteiger partial charge on any atom is 0.387 e. The van der Waals surface area contributed by atoms with Crippen LogP contribution in [-0.4, -0.2) is 33.8 Å². The Morgan fingerprint density at radius 3 is 2.52 bits per heavy atom. The van der Waals surface area contributed by atoms with E-state index in [9.17, 15) is 17.2 Å². The van der Waals surface area contributed by atoms with Gasteiger partial charge in [-0.2, -0.15) is 8.78 Å². The van der Waals surface area contributed by atoms with Gasteiger partial charge in [-0.25, -0.2) is 13.4 Å². The number of alkyl halides is 2. The summed E-state index contributed by atoms with van der Waals surface area (Å²) in [5.74, 6) is 0.643. The average Bonchev–Trinajstić information content (AvgIpc) is 2.63. The molecule has 0 bridgehead atoms. The summed E-state index contributed by atoms with van der Waals surface area (Å²) in [6, 6.07) is 11.6. The Morgan fingerprint density at radius 1 is 1.14 bits per heavy atom. The van der Waals surface area contributed by atoms with Gasteiger partial charge < -0.3 is 15.4 Å². The summed E-state index contributed by atoms with van der Waals surface area (Å²) < 4.78 is 52.5. The molecule has 0 saturated carbocycles. The van der Waals surface area contributed by atoms with Gasteiger partial charge in [0.15, 0.2) is 15.8 Å². The van der Waals surface area contributed by atoms with E-state index in [4.69, 9.17) is 0 Å². The van der Waals surface area contributed by atoms with Crippen LogP contribution in [0.2, 0.25) is 0 Å². The van der Waals surface area contributed by atoms with Crippen molar-refractivity contribution in [3.05, 3.63) is 59.2 Å². The molecule has 2 N–H and O–H groups in total. The second-order valence-corrected chi connectivity index (χ2v) is 8.43. The molecule has 0 spiro atoms. The maximum atomic E-state index is 12.3. The molecule has 0 aliphatic carbocycles. The van der Waals surface area contributed by atoms with Crippen molar-refractivity contribution in [2.45, 2.75) is 38.4 Å². The molecule has 0 amide bonds. The highest BCUT2D eigenvalue weighted by Crippen LogP contribution is 2.17. The molecule has 2 aromatic rings. The molecule has 0 aromatic heterocycles. The van der Waals surface area contributed by atoms with Gasteiger partial charge in [0.1, 0.15) is 5.75 Å². The van der Waals surface area contributed by atoms with Crippen LogP contribution in [0.5, 0.6) is 5.75 Å². The van der Waals surface area contributed by atoms with E-state index in [1.54, 1.807) is 31.2 Å². The molecule has 0 aliphatic heterocycles. The van der Waals surface area contributed by atoms with E-state index in [1.165, 1.54) is 18.4 Å². The minimum Gasteiger partial charge on any atom is -0.435 e. The fraction of sp³-hybridized carbons (Fsp3) is 0.350. The lowest BCUT2D eigenvalue weighted by atomic mass is 10.1. The van der Waals surface area contributed by atoms with Crippen LogP contribution in [0, 0.1) is 6.92 Å². The van der Waals surface area contributed by atoms with Crippen molar-refractivity contribution in [1.29, 1.82) is 0 Å². The zero-order valence-corrected chi connectivity index (χ0v) is 17.4. The second kappa shape index (κ2) is 10.2. The van der Waals surface area contributed by atoms with Gasteiger partial charge in [0.2, 0.25) is 0 Å². The highest BCUT2D eigenvalue weighted by molar-refractivity contribution is 7.90. The fourth-order valence-electron chi connectivity index (χ4n) is 2.76. The SMILES string of the molecule is CCNC(=NCc1cccc(OC(F)F)c1)NCc1ccc(S(C)(=O)=O)c(C)c1. The first-order valence-corrected chi connectivity index (χ1v) is 10.9. The predicted molar refractivity (Wildman–Crippen MR) is 109 cm³/mol. The zero-order valence-electron chi connectivity index (χ0n) is 16.6. The number of halogens is 2. The number of nitrogens with one attached hydrogen (secondary N) is 2. The Labute approximate surface area is 169 Å². The molecule has 2 aromatic carbocycles. The van der Waals surface area contributed by atoms with Gasteiger partial charge in [-0.05, 0) is 48.7 Å². The number of hydrogen-bond donors (Lipinski definition) is 2. The van der Waals surface area contributed by atoms with E-state index in [-0.39, 0.29) is 12.3 Å². The largest absolute Gasteiger partial charge is 0.435 e. The van der Waals surface area contributed by atoms with Crippen LogP contribution in [0.3, 0.4) is 0 Å². The van der Waals surface area contributed by atoms with Crippen LogP contribution in [0.15, 0.2) is 52.4 Å². The van der Waals surface area contributed by atoms with Gasteiger partial charge in [0.25, 0.3) is 0 Å². The summed E-state index contributed by atoms with van der Waals surface area (Å²) in [5.41, 5.74) is 2.33. The van der Waals surface area contributed by atoms with Crippen LogP contribution < -0.4 is 15.4 Å². The number of aliphatic imine (C=N–C) groups is 1. The highest BCUT2D eigenvalue weighted by Gasteiger charge is 2.11. The summed E-state index contributed by atoms with van der Waals surface area (Å²) >= 11 is 0. The first-order chi connectivity index (χ1) is 13.7. The quantitative estimate of drug-likeness (QED) is 0.501. The normalized spacial score (nSPS) is 12.1. The lowest BCUT2D eigenvalue weighted by Crippen LogP contribution is -2.36. The Hall–Kier alpha value is -2.68. The molecule has 0 radical (unpaired) electrons. The monoisotopic (exact) mass is 425 g/mol. The summed E-state index contributed by atoms with van der Waals surface area (Å²) in [5, 5.41) is 6.29. The molecule has 6 nitrogen and oxygen atoms in total. The Bertz CT molecular complexity index is 963. The van der Waals surface area contributed by atoms with E-state index >= 15 is 0 Å². The number of rotatable bonds is 8. The van der Waals surface area contributed by atoms with Crippen LogP contribution in [-0.2, 0) is 22.9 Å². The summed E-state index contributed by atoms with van der Waals surface area (Å²) in [6.45, 7) is 2.19. The first kappa shape index (κ1) is 22.6. The third-order valence-corrected chi connectivity index (χ3v) is 5.24. The van der Waals surface area contributed by atoms with Crippen molar-refractivity contribution in [3.8, 4) is 5.75 Å². The minimum absolute atomic E-state index is 0.0899. The van der Waals surface area contributed by atoms with Crippen LogP contribution >= 0.6 is 0 Å². The summed E-state index contributed by atoms with van der Waals surface area (Å²) in [6.07, 6.45) is 1.19. The summed E-state index contributed by atoms with van der Waals surface area (Å²) in [4.78, 5) is 4.77. The zero-order chi connectivity index (χ0) is 21.4. The van der Waals surface area contributed by atoms with E-state index in [0.717, 1.165) is 11.1 Å². The molecule has 29 heavy (non-hydrogen) atoms. The number of ether oxygens (including phenoxy) is 1. The molecule has 0 aliphatic rings. The smallest absolute Gasteiger partial charge is 0.387 e. The average molecular weight is 426 g/mol. The Kier molecular flexibility index (Phi) is 7.95. The third kappa shape index (κ3) is 7.34. The second-order valence-electron chi connectivity index (χ2n) is 6.45. The Balaban J connectivity index is 2.05. The van der Waals surface area contributed by atoms with Crippen LogP contribution in [0.4, 0.5) is 8.78 Å². The third-order valence-electron chi connectivity index (χ3n) is 3.99. The van der Waals surface area contributed by atoms with Gasteiger partial charge >= 0.3 is 6.61 Å². The number of benzene rings is 2. The molecule has 0 unspecified atom stereocenters. The highest BCUT2D eigenvalue weighted by atomic mass is 32.2. The van der Waals surface area contributed by atoms with Crippen molar-refractivity contribution in [3.63, 3.8) is 0 Å². The van der Waals surface area contributed by atoms with E-state index in [2.05, 4.69) is 20.4 Å². The first-order valence-electron chi connectivity index (χ1n) is 9.04. The number of hydrogen-bond acceptors (Lipinski definition) is 4. The van der Waals surface area contributed by atoms with Crippen molar-refractivity contribution < 1.29 is 21.9 Å². The molecule has 0 fully saturated rings. The van der Waals surface area contributed by atoms with E-state index in [1.807, 2.05) is 13.0 Å². The van der Waals surface area contributed by atoms with Crippen LogP contribution in [0.1, 0.15) is 23.6 Å². The van der Waals surface area contributed by atoms with Crippen molar-refractivity contribution in [1.82, 2.24) is 10.6 Å². The standard InChI is InChI=1S/C20H25F2N3O3S/c1-4-23-20(24-12-15-6-5-7-17(11-15)28-19(21)22)25-13-16-8-9-18(14(2)10-16)29(3,26)27/h5-11,19H,4,12-13H2,1-3H3,(H2,23,24,25). The summed E-state index contributed by atoms with van der Waals surface area (Å²) in [7, 11) is -3.25. The lowest BCUT2D eigenvalue weighted by molar-refractivity contribution is -0.0498. The predicted octanol–water partition coefficient (Wildman–Crippen LogP) is 3.26. The van der Waals surface area contributed by atoms with E-state index < -0.39 is 16.4 Å². The van der Waals surface area contributed by atoms with Gasteiger partial charge in [-0.1, -0.05) is 24.3 Å². The van der Waals surface area contributed by atoms with Gasteiger partial charge in [-0.3, -0.25) is 0 Å². The van der Waals surface area contributed by atoms with Crippen molar-refractivity contribution in [2.75, 3.05) is 12.8 Å². The number of guanidine groups is 1. The maximum absolute atomic E-state index is 12.3. The molecular weight excluding hydrogens is 400 g/mol. The molecule has 0 saturated heterocycles. The molecular formula is C20H25F2N3O3S. The number of sulfone groups is 1. The number of nitrogens with zero attached hydrogens (tertiary/aromatic N) is 1. The molecule has 0 heterocycles.